The van der Waals surface area contributed by atoms with Crippen LogP contribution in [0.3, 0.4) is 0 Å². The third kappa shape index (κ3) is 5.52. The maximum absolute atomic E-state index is 14.0. The molecule has 34 heavy (non-hydrogen) atoms. The fourth-order valence-corrected chi connectivity index (χ4v) is 5.10. The summed E-state index contributed by atoms with van der Waals surface area (Å²) in [5.41, 5.74) is 6.39. The van der Waals surface area contributed by atoms with Gasteiger partial charge in [-0.1, -0.05) is 18.2 Å². The second kappa shape index (κ2) is 10.5. The minimum Gasteiger partial charge on any atom is -0.484 e. The Morgan fingerprint density at radius 2 is 1.68 bits per heavy atom. The number of nitrogens with one attached hydrogen (secondary N) is 1. The summed E-state index contributed by atoms with van der Waals surface area (Å²) in [7, 11) is 0. The predicted molar refractivity (Wildman–Crippen MR) is 119 cm³/mol. The molecule has 2 fully saturated rings. The van der Waals surface area contributed by atoms with Crippen LogP contribution in [0.1, 0.15) is 31.2 Å². The number of hydrogen-bond acceptors (Lipinski definition) is 4. The molecular formula is C25H28F3N3O3. The highest BCUT2D eigenvalue weighted by Gasteiger charge is 2.44. The lowest BCUT2D eigenvalue weighted by Crippen LogP contribution is -2.53. The Hall–Kier alpha value is -3.07. The standard InChI is InChI=1S/C25H28F3N3O3/c26-20-12-22(28)21(27)10-15(20)11-23(29)16-8-17-6-7-18(9-16)31(17)25(33)13-30-24(32)14-34-19-4-2-1-3-5-19/h1-5,10,12,16-18,23H,6-9,11,13-14,29H2,(H,30,32)/t16?,17-,18+,23-/m1/s1. The molecule has 2 heterocycles. The van der Waals surface area contributed by atoms with Crippen molar-refractivity contribution in [3.8, 4) is 5.75 Å². The van der Waals surface area contributed by atoms with Crippen LogP contribution < -0.4 is 15.8 Å². The van der Waals surface area contributed by atoms with Crippen LogP contribution in [0.15, 0.2) is 42.5 Å². The van der Waals surface area contributed by atoms with Crippen molar-refractivity contribution in [3.63, 3.8) is 0 Å². The molecule has 0 aliphatic carbocycles. The van der Waals surface area contributed by atoms with Gasteiger partial charge in [0.25, 0.3) is 5.91 Å². The maximum Gasteiger partial charge on any atom is 0.258 e. The highest BCUT2D eigenvalue weighted by atomic mass is 19.2. The van der Waals surface area contributed by atoms with Gasteiger partial charge in [-0.05, 0) is 61.8 Å². The van der Waals surface area contributed by atoms with Crippen LogP contribution in [0.4, 0.5) is 13.2 Å². The van der Waals surface area contributed by atoms with Crippen LogP contribution in [-0.4, -0.2) is 48.0 Å². The van der Waals surface area contributed by atoms with Gasteiger partial charge in [-0.25, -0.2) is 13.2 Å². The number of carbonyl (C=O) groups is 2. The molecule has 2 aromatic carbocycles. The van der Waals surface area contributed by atoms with Crippen molar-refractivity contribution in [1.82, 2.24) is 10.2 Å². The lowest BCUT2D eigenvalue weighted by atomic mass is 9.82. The molecule has 182 valence electrons. The largest absolute Gasteiger partial charge is 0.484 e. The highest BCUT2D eigenvalue weighted by molar-refractivity contribution is 5.86. The first-order valence-corrected chi connectivity index (χ1v) is 11.5. The van der Waals surface area contributed by atoms with Crippen LogP contribution in [-0.2, 0) is 16.0 Å². The summed E-state index contributed by atoms with van der Waals surface area (Å²) in [4.78, 5) is 26.7. The van der Waals surface area contributed by atoms with Gasteiger partial charge in [-0.15, -0.1) is 0 Å². The molecule has 0 aromatic heterocycles. The molecule has 6 nitrogen and oxygen atoms in total. The van der Waals surface area contributed by atoms with Crippen LogP contribution in [0.5, 0.6) is 5.75 Å². The fourth-order valence-electron chi connectivity index (χ4n) is 5.10. The van der Waals surface area contributed by atoms with E-state index in [1.807, 2.05) is 11.0 Å². The van der Waals surface area contributed by atoms with Crippen molar-refractivity contribution in [3.05, 3.63) is 65.5 Å². The zero-order valence-corrected chi connectivity index (χ0v) is 18.7. The monoisotopic (exact) mass is 475 g/mol. The molecule has 2 aliphatic heterocycles. The number of fused-ring (bicyclic) bond motifs is 2. The summed E-state index contributed by atoms with van der Waals surface area (Å²) in [5.74, 6) is -3.06. The number of piperidine rings is 1. The third-order valence-electron chi connectivity index (χ3n) is 6.76. The molecule has 9 heteroatoms. The van der Waals surface area contributed by atoms with E-state index in [4.69, 9.17) is 10.5 Å². The van der Waals surface area contributed by atoms with Crippen molar-refractivity contribution in [2.75, 3.05) is 13.2 Å². The van der Waals surface area contributed by atoms with E-state index < -0.39 is 23.5 Å². The van der Waals surface area contributed by atoms with Gasteiger partial charge in [0.1, 0.15) is 11.6 Å². The minimum atomic E-state index is -1.22. The summed E-state index contributed by atoms with van der Waals surface area (Å²) in [6.45, 7) is -0.289. The van der Waals surface area contributed by atoms with E-state index in [0.717, 1.165) is 18.9 Å². The lowest BCUT2D eigenvalue weighted by Gasteiger charge is -2.41. The molecule has 0 saturated carbocycles. The quantitative estimate of drug-likeness (QED) is 0.575. The number of ether oxygens (including phenoxy) is 1. The second-order valence-electron chi connectivity index (χ2n) is 9.02. The van der Waals surface area contributed by atoms with Crippen molar-refractivity contribution in [1.29, 1.82) is 0 Å². The van der Waals surface area contributed by atoms with Gasteiger partial charge in [0, 0.05) is 24.2 Å². The molecule has 0 spiro atoms. The SMILES string of the molecule is N[C@H](Cc1cc(F)c(F)cc1F)C1C[C@H]2CC[C@@H](C1)N2C(=O)CNC(=O)COc1ccccc1. The number of para-hydroxylation sites is 1. The third-order valence-corrected chi connectivity index (χ3v) is 6.76. The number of halogens is 3. The van der Waals surface area contributed by atoms with E-state index in [0.29, 0.717) is 24.7 Å². The van der Waals surface area contributed by atoms with Crippen LogP contribution in [0.2, 0.25) is 0 Å². The molecule has 2 amide bonds. The van der Waals surface area contributed by atoms with Crippen molar-refractivity contribution in [2.45, 2.75) is 50.2 Å². The van der Waals surface area contributed by atoms with E-state index >= 15 is 0 Å². The number of amides is 2. The zero-order valence-electron chi connectivity index (χ0n) is 18.7. The summed E-state index contributed by atoms with van der Waals surface area (Å²) in [5, 5.41) is 2.61. The molecule has 4 atom stereocenters. The van der Waals surface area contributed by atoms with Gasteiger partial charge in [-0.2, -0.15) is 0 Å². The Labute approximate surface area is 196 Å². The number of nitrogens with zero attached hydrogens (tertiary/aromatic N) is 1. The van der Waals surface area contributed by atoms with E-state index in [9.17, 15) is 22.8 Å². The topological polar surface area (TPSA) is 84.7 Å². The number of nitrogens with two attached hydrogens (primary N) is 1. The smallest absolute Gasteiger partial charge is 0.258 e. The van der Waals surface area contributed by atoms with E-state index in [-0.39, 0.29) is 55.0 Å². The molecule has 4 rings (SSSR count). The normalized spacial score (nSPS) is 22.4. The minimum absolute atomic E-state index is 0.00503. The Bertz CT molecular complexity index is 1020. The molecule has 0 radical (unpaired) electrons. The van der Waals surface area contributed by atoms with E-state index in [1.165, 1.54) is 0 Å². The van der Waals surface area contributed by atoms with E-state index in [1.54, 1.807) is 24.3 Å². The summed E-state index contributed by atoms with van der Waals surface area (Å²) >= 11 is 0. The van der Waals surface area contributed by atoms with Crippen LogP contribution in [0, 0.1) is 23.4 Å². The number of rotatable bonds is 8. The Morgan fingerprint density at radius 3 is 2.35 bits per heavy atom. The zero-order chi connectivity index (χ0) is 24.2. The van der Waals surface area contributed by atoms with E-state index in [2.05, 4.69) is 5.32 Å². The Balaban J connectivity index is 1.27. The van der Waals surface area contributed by atoms with Gasteiger partial charge >= 0.3 is 0 Å². The molecule has 2 saturated heterocycles. The number of carbonyl (C=O) groups excluding carboxylic acids is 2. The van der Waals surface area contributed by atoms with Gasteiger partial charge < -0.3 is 20.7 Å². The summed E-state index contributed by atoms with van der Waals surface area (Å²) in [6.07, 6.45) is 3.08. The average molecular weight is 476 g/mol. The van der Waals surface area contributed by atoms with Crippen molar-refractivity contribution in [2.24, 2.45) is 11.7 Å². The lowest BCUT2D eigenvalue weighted by molar-refractivity contribution is -0.137. The van der Waals surface area contributed by atoms with Gasteiger partial charge in [0.05, 0.1) is 6.54 Å². The van der Waals surface area contributed by atoms with Crippen LogP contribution in [0.25, 0.3) is 0 Å². The molecule has 3 N–H and O–H groups in total. The van der Waals surface area contributed by atoms with Gasteiger partial charge in [0.15, 0.2) is 18.2 Å². The first-order chi connectivity index (χ1) is 16.3. The molecular weight excluding hydrogens is 447 g/mol. The van der Waals surface area contributed by atoms with Gasteiger partial charge in [-0.3, -0.25) is 9.59 Å². The Kier molecular flexibility index (Phi) is 7.41. The molecule has 1 unspecified atom stereocenters. The fraction of sp³-hybridized carbons (Fsp3) is 0.440. The highest BCUT2D eigenvalue weighted by Crippen LogP contribution is 2.40. The maximum atomic E-state index is 14.0. The van der Waals surface area contributed by atoms with Crippen LogP contribution >= 0.6 is 0 Å². The Morgan fingerprint density at radius 1 is 1.03 bits per heavy atom. The second-order valence-corrected chi connectivity index (χ2v) is 9.02. The summed E-state index contributed by atoms with van der Waals surface area (Å²) in [6, 6.07) is 9.89. The first kappa shape index (κ1) is 24.1. The van der Waals surface area contributed by atoms with Crippen molar-refractivity contribution < 1.29 is 27.5 Å². The first-order valence-electron chi connectivity index (χ1n) is 11.5. The number of hydrogen-bond donors (Lipinski definition) is 2. The molecule has 2 aliphatic rings. The molecule has 2 bridgehead atoms. The summed E-state index contributed by atoms with van der Waals surface area (Å²) < 4.78 is 46.1. The van der Waals surface area contributed by atoms with Gasteiger partial charge in [0.2, 0.25) is 5.91 Å². The molecule has 2 aromatic rings. The predicted octanol–water partition coefficient (Wildman–Crippen LogP) is 2.94. The average Bonchev–Trinajstić information content (AvgIpc) is 3.09. The van der Waals surface area contributed by atoms with Crippen molar-refractivity contribution >= 4 is 11.8 Å². The number of benzene rings is 2.